The van der Waals surface area contributed by atoms with Crippen LogP contribution in [0.5, 0.6) is 0 Å². The Morgan fingerprint density at radius 1 is 0.949 bits per heavy atom. The molecule has 2 aromatic heterocycles. The quantitative estimate of drug-likeness (QED) is 0.224. The number of pyridine rings is 1. The van der Waals surface area contributed by atoms with E-state index in [1.54, 1.807) is 12.1 Å². The Morgan fingerprint density at radius 2 is 1.72 bits per heavy atom. The fourth-order valence-corrected chi connectivity index (χ4v) is 4.81. The van der Waals surface area contributed by atoms with Crippen LogP contribution in [0.15, 0.2) is 85.1 Å². The number of carbonyl (C=O) groups is 2. The van der Waals surface area contributed by atoms with E-state index in [0.717, 1.165) is 39.0 Å². The van der Waals surface area contributed by atoms with E-state index in [0.29, 0.717) is 11.2 Å². The van der Waals surface area contributed by atoms with Gasteiger partial charge in [0.1, 0.15) is 11.5 Å². The van der Waals surface area contributed by atoms with Gasteiger partial charge in [0.05, 0.1) is 18.0 Å². The van der Waals surface area contributed by atoms with Gasteiger partial charge in [0.25, 0.3) is 5.91 Å². The van der Waals surface area contributed by atoms with Crippen molar-refractivity contribution in [2.75, 3.05) is 5.32 Å². The maximum Gasteiger partial charge on any atom is 0.305 e. The second-order valence-electron chi connectivity index (χ2n) is 10.9. The summed E-state index contributed by atoms with van der Waals surface area (Å²) in [6.45, 7) is 8.16. The molecule has 5 rings (SSSR count). The first kappa shape index (κ1) is 26.0. The Kier molecular flexibility index (Phi) is 6.83. The maximum absolute atomic E-state index is 13.6. The van der Waals surface area contributed by atoms with Crippen molar-refractivity contribution in [1.82, 2.24) is 14.7 Å². The molecule has 0 saturated carbocycles. The monoisotopic (exact) mass is 520 g/mol. The van der Waals surface area contributed by atoms with E-state index in [9.17, 15) is 14.7 Å². The molecule has 7 heteroatoms. The fraction of sp³-hybridized carbons (Fsp3) is 0.219. The zero-order valence-corrected chi connectivity index (χ0v) is 22.5. The van der Waals surface area contributed by atoms with Crippen LogP contribution in [0.3, 0.4) is 0 Å². The summed E-state index contributed by atoms with van der Waals surface area (Å²) < 4.78 is 1.89. The predicted octanol–water partition coefficient (Wildman–Crippen LogP) is 6.62. The van der Waals surface area contributed by atoms with Crippen LogP contribution in [0.25, 0.3) is 27.7 Å². The van der Waals surface area contributed by atoms with E-state index in [1.807, 2.05) is 60.0 Å². The molecule has 2 heterocycles. The molecule has 7 nitrogen and oxygen atoms in total. The molecule has 1 atom stereocenters. The number of anilines is 1. The summed E-state index contributed by atoms with van der Waals surface area (Å²) in [5, 5.41) is 18.3. The molecule has 5 aromatic rings. The van der Waals surface area contributed by atoms with Crippen LogP contribution in [-0.4, -0.2) is 31.9 Å². The van der Waals surface area contributed by atoms with Crippen molar-refractivity contribution in [3.63, 3.8) is 0 Å². The molecule has 0 aliphatic rings. The number of nitrogens with one attached hydrogen (secondary N) is 2. The number of carboxylic acids is 1. The molecular weight excluding hydrogens is 488 g/mol. The maximum atomic E-state index is 13.6. The summed E-state index contributed by atoms with van der Waals surface area (Å²) in [4.78, 5) is 30.3. The average Bonchev–Trinajstić information content (AvgIpc) is 3.24. The lowest BCUT2D eigenvalue weighted by Gasteiger charge is -2.23. The van der Waals surface area contributed by atoms with Gasteiger partial charge in [0, 0.05) is 17.3 Å². The average molecular weight is 521 g/mol. The van der Waals surface area contributed by atoms with Gasteiger partial charge < -0.3 is 15.7 Å². The van der Waals surface area contributed by atoms with Gasteiger partial charge in [-0.25, -0.2) is 4.98 Å². The summed E-state index contributed by atoms with van der Waals surface area (Å²) in [5.74, 6) is -0.593. The molecule has 1 unspecified atom stereocenters. The van der Waals surface area contributed by atoms with Gasteiger partial charge in [-0.3, -0.25) is 14.0 Å². The van der Waals surface area contributed by atoms with Gasteiger partial charge in [-0.05, 0) is 62.2 Å². The molecule has 0 saturated heterocycles. The molecule has 1 amide bonds. The fourth-order valence-electron chi connectivity index (χ4n) is 4.81. The number of nitrogens with zero attached hydrogens (tertiary/aromatic N) is 2. The number of rotatable bonds is 7. The number of hydrogen-bond acceptors (Lipinski definition) is 4. The third kappa shape index (κ3) is 5.62. The summed E-state index contributed by atoms with van der Waals surface area (Å²) in [5.41, 5.74) is 3.99. The Labute approximate surface area is 227 Å². The first-order valence-electron chi connectivity index (χ1n) is 13.0. The highest BCUT2D eigenvalue weighted by atomic mass is 16.4. The second-order valence-corrected chi connectivity index (χ2v) is 10.9. The third-order valence-corrected chi connectivity index (χ3v) is 6.54. The summed E-state index contributed by atoms with van der Waals surface area (Å²) in [6, 6.07) is 24.7. The molecule has 0 aliphatic carbocycles. The Hall–Kier alpha value is -4.65. The number of imidazole rings is 1. The molecular formula is C32H32N4O3. The van der Waals surface area contributed by atoms with E-state index >= 15 is 0 Å². The Bertz CT molecular complexity index is 1700. The van der Waals surface area contributed by atoms with Crippen LogP contribution in [0.1, 0.15) is 54.7 Å². The number of aryl methyl sites for hydroxylation is 1. The number of carboxylic acid groups (broad SMARTS) is 1. The highest BCUT2D eigenvalue weighted by molar-refractivity contribution is 6.01. The lowest BCUT2D eigenvalue weighted by atomic mass is 10.0. The standard InChI is InChI=1S/C32H32N4O3/c1-20-9-7-12-23(17-20)26(19-27(37)38)33-31(39)25-13-8-16-36-29(25)34-28(30(36)35-32(2,3)4)24-15-14-21-10-5-6-11-22(21)18-24/h5-18,26,35H,19H2,1-4H3,(H,33,39)(H,37,38). The molecule has 0 bridgehead atoms. The summed E-state index contributed by atoms with van der Waals surface area (Å²) >= 11 is 0. The van der Waals surface area contributed by atoms with Crippen molar-refractivity contribution in [2.45, 2.75) is 45.7 Å². The van der Waals surface area contributed by atoms with Crippen molar-refractivity contribution < 1.29 is 14.7 Å². The molecule has 198 valence electrons. The minimum Gasteiger partial charge on any atom is -0.481 e. The van der Waals surface area contributed by atoms with Crippen molar-refractivity contribution in [2.24, 2.45) is 0 Å². The third-order valence-electron chi connectivity index (χ3n) is 6.54. The SMILES string of the molecule is Cc1cccc(C(CC(=O)O)NC(=O)c2cccn3c(NC(C)(C)C)c(-c4ccc5ccccc5c4)nc23)c1. The molecule has 39 heavy (non-hydrogen) atoms. The summed E-state index contributed by atoms with van der Waals surface area (Å²) in [6.07, 6.45) is 1.65. The molecule has 3 N–H and O–H groups in total. The number of hydrogen-bond donors (Lipinski definition) is 3. The number of aliphatic carboxylic acids is 1. The largest absolute Gasteiger partial charge is 0.481 e. The minimum absolute atomic E-state index is 0.230. The van der Waals surface area contributed by atoms with Crippen LogP contribution >= 0.6 is 0 Å². The van der Waals surface area contributed by atoms with Crippen molar-refractivity contribution >= 4 is 34.1 Å². The highest BCUT2D eigenvalue weighted by Crippen LogP contribution is 2.34. The van der Waals surface area contributed by atoms with Gasteiger partial charge >= 0.3 is 5.97 Å². The molecule has 0 aliphatic heterocycles. The van der Waals surface area contributed by atoms with Crippen LogP contribution in [-0.2, 0) is 4.79 Å². The Balaban J connectivity index is 1.61. The topological polar surface area (TPSA) is 95.7 Å². The van der Waals surface area contributed by atoms with E-state index in [-0.39, 0.29) is 17.9 Å². The van der Waals surface area contributed by atoms with E-state index < -0.39 is 12.0 Å². The predicted molar refractivity (Wildman–Crippen MR) is 155 cm³/mol. The number of carbonyl (C=O) groups excluding carboxylic acids is 1. The van der Waals surface area contributed by atoms with Gasteiger partial charge in [-0.2, -0.15) is 0 Å². The normalized spacial score (nSPS) is 12.4. The lowest BCUT2D eigenvalue weighted by molar-refractivity contribution is -0.137. The van der Waals surface area contributed by atoms with Gasteiger partial charge in [-0.1, -0.05) is 66.2 Å². The van der Waals surface area contributed by atoms with Crippen LogP contribution in [0.2, 0.25) is 0 Å². The second kappa shape index (κ2) is 10.3. The van der Waals surface area contributed by atoms with Crippen molar-refractivity contribution in [3.05, 3.63) is 102 Å². The highest BCUT2D eigenvalue weighted by Gasteiger charge is 2.25. The van der Waals surface area contributed by atoms with Gasteiger partial charge in [0.15, 0.2) is 5.65 Å². The van der Waals surface area contributed by atoms with Crippen molar-refractivity contribution in [1.29, 1.82) is 0 Å². The first-order chi connectivity index (χ1) is 18.6. The summed E-state index contributed by atoms with van der Waals surface area (Å²) in [7, 11) is 0. The number of fused-ring (bicyclic) bond motifs is 2. The smallest absolute Gasteiger partial charge is 0.305 e. The van der Waals surface area contributed by atoms with E-state index in [2.05, 4.69) is 55.7 Å². The molecule has 0 fully saturated rings. The van der Waals surface area contributed by atoms with Crippen LogP contribution in [0.4, 0.5) is 5.82 Å². The van der Waals surface area contributed by atoms with Crippen LogP contribution < -0.4 is 10.6 Å². The minimum atomic E-state index is -0.990. The van der Waals surface area contributed by atoms with Crippen molar-refractivity contribution in [3.8, 4) is 11.3 Å². The Morgan fingerprint density at radius 3 is 2.44 bits per heavy atom. The molecule has 0 spiro atoms. The number of aromatic nitrogens is 2. The zero-order chi connectivity index (χ0) is 27.7. The van der Waals surface area contributed by atoms with E-state index in [1.165, 1.54) is 0 Å². The number of benzene rings is 3. The molecule has 0 radical (unpaired) electrons. The zero-order valence-electron chi connectivity index (χ0n) is 22.5. The van der Waals surface area contributed by atoms with Gasteiger partial charge in [-0.15, -0.1) is 0 Å². The lowest BCUT2D eigenvalue weighted by Crippen LogP contribution is -2.30. The number of amides is 1. The first-order valence-corrected chi connectivity index (χ1v) is 13.0. The van der Waals surface area contributed by atoms with Gasteiger partial charge in [0.2, 0.25) is 0 Å². The molecule has 3 aromatic carbocycles. The van der Waals surface area contributed by atoms with E-state index in [4.69, 9.17) is 4.98 Å². The van der Waals surface area contributed by atoms with Crippen LogP contribution in [0, 0.1) is 6.92 Å².